The highest BCUT2D eigenvalue weighted by Gasteiger charge is 2.42. The Labute approximate surface area is 137 Å². The topological polar surface area (TPSA) is 65.9 Å². The van der Waals surface area contributed by atoms with Crippen LogP contribution >= 0.6 is 0 Å². The van der Waals surface area contributed by atoms with Gasteiger partial charge in [-0.1, -0.05) is 6.07 Å². The fourth-order valence-corrected chi connectivity index (χ4v) is 3.42. The number of rotatable bonds is 4. The Hall–Kier alpha value is -1.82. The molecule has 6 nitrogen and oxygen atoms in total. The van der Waals surface area contributed by atoms with Crippen LogP contribution in [0.2, 0.25) is 0 Å². The third-order valence-corrected chi connectivity index (χ3v) is 4.72. The van der Waals surface area contributed by atoms with Gasteiger partial charge in [0.05, 0.1) is 6.61 Å². The molecular weight excluding hydrogens is 294 g/mol. The molecule has 2 heterocycles. The van der Waals surface area contributed by atoms with Gasteiger partial charge in [-0.05, 0) is 38.7 Å². The van der Waals surface area contributed by atoms with Crippen molar-refractivity contribution < 1.29 is 14.6 Å². The normalized spacial score (nSPS) is 20.6. The fraction of sp³-hybridized carbons (Fsp3) is 0.647. The lowest BCUT2D eigenvalue weighted by Gasteiger charge is -2.38. The van der Waals surface area contributed by atoms with Gasteiger partial charge < -0.3 is 19.6 Å². The summed E-state index contributed by atoms with van der Waals surface area (Å²) in [6.07, 6.45) is 3.08. The van der Waals surface area contributed by atoms with E-state index in [-0.39, 0.29) is 5.91 Å². The Morgan fingerprint density at radius 1 is 1.26 bits per heavy atom. The van der Waals surface area contributed by atoms with Crippen LogP contribution in [0.4, 0.5) is 5.82 Å². The lowest BCUT2D eigenvalue weighted by molar-refractivity contribution is -0.151. The highest BCUT2D eigenvalue weighted by Crippen LogP contribution is 2.31. The molecule has 0 atom stereocenters. The largest absolute Gasteiger partial charge is 0.478 e. The van der Waals surface area contributed by atoms with E-state index in [0.717, 1.165) is 31.7 Å². The lowest BCUT2D eigenvalue weighted by Crippen LogP contribution is -2.55. The molecule has 0 radical (unpaired) electrons. The first-order valence-corrected chi connectivity index (χ1v) is 8.49. The maximum Gasteiger partial charge on any atom is 0.254 e. The van der Waals surface area contributed by atoms with Gasteiger partial charge in [0.25, 0.3) is 5.91 Å². The molecule has 1 aliphatic heterocycles. The highest BCUT2D eigenvalue weighted by atomic mass is 16.5. The van der Waals surface area contributed by atoms with E-state index in [1.54, 1.807) is 4.90 Å². The van der Waals surface area contributed by atoms with E-state index in [9.17, 15) is 9.90 Å². The van der Waals surface area contributed by atoms with Crippen molar-refractivity contribution >= 4 is 11.7 Å². The Kier molecular flexibility index (Phi) is 4.71. The highest BCUT2D eigenvalue weighted by molar-refractivity contribution is 5.85. The van der Waals surface area contributed by atoms with E-state index >= 15 is 0 Å². The number of hydrogen-bond donors (Lipinski definition) is 1. The van der Waals surface area contributed by atoms with Crippen LogP contribution in [0.1, 0.15) is 32.6 Å². The maximum atomic E-state index is 12.5. The smallest absolute Gasteiger partial charge is 0.254 e. The Morgan fingerprint density at radius 3 is 2.61 bits per heavy atom. The molecule has 2 aliphatic rings. The number of amides is 1. The molecular formula is C17H25N3O3. The SMILES string of the molecule is CCOc1cccc(N2CCN(C(=O)C3(O)CCCC3)CC2)n1. The van der Waals surface area contributed by atoms with Crippen molar-refractivity contribution in [1.82, 2.24) is 9.88 Å². The van der Waals surface area contributed by atoms with Gasteiger partial charge in [-0.2, -0.15) is 4.98 Å². The minimum Gasteiger partial charge on any atom is -0.478 e. The molecule has 0 spiro atoms. The summed E-state index contributed by atoms with van der Waals surface area (Å²) in [6.45, 7) is 5.24. The molecule has 2 fully saturated rings. The second-order valence-electron chi connectivity index (χ2n) is 6.28. The summed E-state index contributed by atoms with van der Waals surface area (Å²) in [5.41, 5.74) is -1.12. The number of nitrogens with zero attached hydrogens (tertiary/aromatic N) is 3. The van der Waals surface area contributed by atoms with Crippen LogP contribution in [-0.2, 0) is 4.79 Å². The zero-order valence-corrected chi connectivity index (χ0v) is 13.7. The number of piperazine rings is 1. The summed E-state index contributed by atoms with van der Waals surface area (Å²) in [4.78, 5) is 21.0. The number of hydrogen-bond acceptors (Lipinski definition) is 5. The van der Waals surface area contributed by atoms with E-state index in [1.807, 2.05) is 25.1 Å². The second kappa shape index (κ2) is 6.74. The van der Waals surface area contributed by atoms with Crippen molar-refractivity contribution in [3.63, 3.8) is 0 Å². The monoisotopic (exact) mass is 319 g/mol. The quantitative estimate of drug-likeness (QED) is 0.909. The van der Waals surface area contributed by atoms with Crippen LogP contribution in [0.5, 0.6) is 5.88 Å². The molecule has 1 aromatic heterocycles. The molecule has 126 valence electrons. The summed E-state index contributed by atoms with van der Waals surface area (Å²) in [6, 6.07) is 5.75. The summed E-state index contributed by atoms with van der Waals surface area (Å²) in [7, 11) is 0. The van der Waals surface area contributed by atoms with E-state index in [2.05, 4.69) is 9.88 Å². The van der Waals surface area contributed by atoms with Gasteiger partial charge in [-0.25, -0.2) is 0 Å². The predicted molar refractivity (Wildman–Crippen MR) is 87.6 cm³/mol. The summed E-state index contributed by atoms with van der Waals surface area (Å²) < 4.78 is 5.44. The number of aromatic nitrogens is 1. The number of carbonyl (C=O) groups excluding carboxylic acids is 1. The van der Waals surface area contributed by atoms with E-state index < -0.39 is 5.60 Å². The fourth-order valence-electron chi connectivity index (χ4n) is 3.42. The van der Waals surface area contributed by atoms with Gasteiger partial charge >= 0.3 is 0 Å². The van der Waals surface area contributed by atoms with Gasteiger partial charge in [0, 0.05) is 32.2 Å². The van der Waals surface area contributed by atoms with Crippen LogP contribution in [0.15, 0.2) is 18.2 Å². The molecule has 1 aliphatic carbocycles. The van der Waals surface area contributed by atoms with Crippen molar-refractivity contribution in [2.45, 2.75) is 38.2 Å². The predicted octanol–water partition coefficient (Wildman–Crippen LogP) is 1.43. The van der Waals surface area contributed by atoms with Crippen molar-refractivity contribution in [2.75, 3.05) is 37.7 Å². The number of aliphatic hydroxyl groups is 1. The summed E-state index contributed by atoms with van der Waals surface area (Å²) in [5.74, 6) is 1.41. The Bertz CT molecular complexity index is 550. The van der Waals surface area contributed by atoms with Crippen LogP contribution in [0, 0.1) is 0 Å². The molecule has 0 bridgehead atoms. The third-order valence-electron chi connectivity index (χ3n) is 4.72. The Balaban J connectivity index is 1.60. The number of anilines is 1. The second-order valence-corrected chi connectivity index (χ2v) is 6.28. The first-order valence-electron chi connectivity index (χ1n) is 8.49. The molecule has 1 aromatic rings. The van der Waals surface area contributed by atoms with E-state index in [4.69, 9.17) is 4.74 Å². The number of carbonyl (C=O) groups is 1. The molecule has 23 heavy (non-hydrogen) atoms. The number of pyridine rings is 1. The minimum absolute atomic E-state index is 0.0920. The average molecular weight is 319 g/mol. The van der Waals surface area contributed by atoms with Crippen molar-refractivity contribution in [2.24, 2.45) is 0 Å². The third kappa shape index (κ3) is 3.42. The molecule has 6 heteroatoms. The summed E-state index contributed by atoms with van der Waals surface area (Å²) in [5, 5.41) is 10.5. The maximum absolute atomic E-state index is 12.5. The van der Waals surface area contributed by atoms with Gasteiger partial charge in [-0.3, -0.25) is 4.79 Å². The van der Waals surface area contributed by atoms with Crippen molar-refractivity contribution in [3.8, 4) is 5.88 Å². The van der Waals surface area contributed by atoms with E-state index in [0.29, 0.717) is 38.4 Å². The standard InChI is InChI=1S/C17H25N3O3/c1-2-23-15-7-5-6-14(18-15)19-10-12-20(13-11-19)16(21)17(22)8-3-4-9-17/h5-7,22H,2-4,8-13H2,1H3. The molecule has 0 unspecified atom stereocenters. The zero-order chi connectivity index (χ0) is 16.3. The van der Waals surface area contributed by atoms with Crippen molar-refractivity contribution in [3.05, 3.63) is 18.2 Å². The molecule has 1 saturated carbocycles. The van der Waals surface area contributed by atoms with Gasteiger partial charge in [0.15, 0.2) is 0 Å². The van der Waals surface area contributed by atoms with Gasteiger partial charge in [-0.15, -0.1) is 0 Å². The van der Waals surface area contributed by atoms with Gasteiger partial charge in [0.2, 0.25) is 5.88 Å². The van der Waals surface area contributed by atoms with E-state index in [1.165, 1.54) is 0 Å². The van der Waals surface area contributed by atoms with Crippen LogP contribution in [0.25, 0.3) is 0 Å². The first kappa shape index (κ1) is 16.1. The number of ether oxygens (including phenoxy) is 1. The van der Waals surface area contributed by atoms with Crippen molar-refractivity contribution in [1.29, 1.82) is 0 Å². The minimum atomic E-state index is -1.12. The zero-order valence-electron chi connectivity index (χ0n) is 13.7. The van der Waals surface area contributed by atoms with Crippen LogP contribution < -0.4 is 9.64 Å². The molecule has 3 rings (SSSR count). The molecule has 1 amide bonds. The van der Waals surface area contributed by atoms with Crippen LogP contribution in [-0.4, -0.2) is 59.3 Å². The average Bonchev–Trinajstić information content (AvgIpc) is 3.03. The molecule has 0 aromatic carbocycles. The first-order chi connectivity index (χ1) is 11.1. The van der Waals surface area contributed by atoms with Crippen LogP contribution in [0.3, 0.4) is 0 Å². The Morgan fingerprint density at radius 2 is 1.96 bits per heavy atom. The lowest BCUT2D eigenvalue weighted by atomic mass is 10.00. The van der Waals surface area contributed by atoms with Gasteiger partial charge in [0.1, 0.15) is 11.4 Å². The molecule has 1 saturated heterocycles. The molecule has 1 N–H and O–H groups in total. The summed E-state index contributed by atoms with van der Waals surface area (Å²) >= 11 is 0.